The molecule has 3 N–H and O–H groups in total. The monoisotopic (exact) mass is 414 g/mol. The number of nitrogens with one attached hydrogen (secondary N) is 2. The van der Waals surface area contributed by atoms with Crippen LogP contribution >= 0.6 is 0 Å². The van der Waals surface area contributed by atoms with Gasteiger partial charge >= 0.3 is 12.0 Å². The zero-order valence-electron chi connectivity index (χ0n) is 16.5. The third kappa shape index (κ3) is 6.86. The number of imide groups is 1. The predicted octanol–water partition coefficient (Wildman–Crippen LogP) is 1.99. The van der Waals surface area contributed by atoms with Crippen LogP contribution in [-0.4, -0.2) is 43.8 Å². The van der Waals surface area contributed by atoms with Gasteiger partial charge in [0, 0.05) is 12.6 Å². The number of esters is 1. The summed E-state index contributed by atoms with van der Waals surface area (Å²) >= 11 is 0. The Morgan fingerprint density at radius 3 is 2.27 bits per heavy atom. The first-order valence-electron chi connectivity index (χ1n) is 8.84. The average Bonchev–Trinajstić information content (AvgIpc) is 2.76. The number of phenolic OH excluding ortho intramolecular Hbond substituents is 1. The van der Waals surface area contributed by atoms with Crippen LogP contribution in [0.2, 0.25) is 0 Å². The fourth-order valence-electron chi connectivity index (χ4n) is 2.34. The number of amides is 3. The van der Waals surface area contributed by atoms with Crippen molar-refractivity contribution in [3.05, 3.63) is 59.7 Å². The second kappa shape index (κ2) is 11.1. The second-order valence-corrected chi connectivity index (χ2v) is 5.93. The number of methoxy groups -OCH3 is 2. The van der Waals surface area contributed by atoms with Gasteiger partial charge in [0.05, 0.1) is 14.2 Å². The lowest BCUT2D eigenvalue weighted by Gasteiger charge is -2.09. The van der Waals surface area contributed by atoms with Crippen LogP contribution in [0, 0.1) is 0 Å². The minimum atomic E-state index is -0.791. The van der Waals surface area contributed by atoms with E-state index in [1.165, 1.54) is 32.4 Å². The van der Waals surface area contributed by atoms with Gasteiger partial charge in [-0.2, -0.15) is 0 Å². The van der Waals surface area contributed by atoms with Gasteiger partial charge in [-0.3, -0.25) is 10.1 Å². The summed E-state index contributed by atoms with van der Waals surface area (Å²) in [6.07, 6.45) is 2.49. The van der Waals surface area contributed by atoms with Crippen LogP contribution < -0.4 is 20.1 Å². The van der Waals surface area contributed by atoms with Gasteiger partial charge < -0.3 is 24.6 Å². The summed E-state index contributed by atoms with van der Waals surface area (Å²) in [7, 11) is 2.76. The van der Waals surface area contributed by atoms with E-state index < -0.39 is 24.5 Å². The number of rotatable bonds is 8. The van der Waals surface area contributed by atoms with Crippen molar-refractivity contribution in [3.63, 3.8) is 0 Å². The summed E-state index contributed by atoms with van der Waals surface area (Å²) in [5.74, 6) is -1.38. The van der Waals surface area contributed by atoms with Crippen molar-refractivity contribution in [3.8, 4) is 17.2 Å². The molecule has 0 aliphatic rings. The summed E-state index contributed by atoms with van der Waals surface area (Å²) < 4.78 is 14.9. The molecule has 2 rings (SSSR count). The summed E-state index contributed by atoms with van der Waals surface area (Å²) in [4.78, 5) is 35.2. The number of ether oxygens (including phenoxy) is 3. The van der Waals surface area contributed by atoms with Gasteiger partial charge in [0.2, 0.25) is 5.75 Å². The van der Waals surface area contributed by atoms with Gasteiger partial charge in [0.15, 0.2) is 18.1 Å². The van der Waals surface area contributed by atoms with Gasteiger partial charge in [0.25, 0.3) is 5.91 Å². The molecular formula is C21H22N2O7. The zero-order chi connectivity index (χ0) is 21.9. The molecule has 0 saturated heterocycles. The number of benzene rings is 2. The Morgan fingerprint density at radius 2 is 1.67 bits per heavy atom. The normalized spacial score (nSPS) is 10.3. The molecule has 0 heterocycles. The van der Waals surface area contributed by atoms with Crippen molar-refractivity contribution in [2.24, 2.45) is 0 Å². The maximum Gasteiger partial charge on any atom is 0.331 e. The van der Waals surface area contributed by atoms with E-state index in [-0.39, 0.29) is 23.8 Å². The lowest BCUT2D eigenvalue weighted by Crippen LogP contribution is -2.41. The Kier molecular flexibility index (Phi) is 8.25. The smallest absolute Gasteiger partial charge is 0.331 e. The molecule has 0 aromatic heterocycles. The number of hydrogen-bond acceptors (Lipinski definition) is 7. The van der Waals surface area contributed by atoms with E-state index in [1.807, 2.05) is 30.3 Å². The van der Waals surface area contributed by atoms with Crippen molar-refractivity contribution in [1.29, 1.82) is 0 Å². The number of hydrogen-bond donors (Lipinski definition) is 3. The highest BCUT2D eigenvalue weighted by molar-refractivity contribution is 5.96. The van der Waals surface area contributed by atoms with Crippen LogP contribution in [0.3, 0.4) is 0 Å². The quantitative estimate of drug-likeness (QED) is 0.446. The third-order valence-corrected chi connectivity index (χ3v) is 3.81. The molecule has 2 aromatic rings. The number of aromatic hydroxyl groups is 1. The molecule has 0 spiro atoms. The van der Waals surface area contributed by atoms with Gasteiger partial charge in [-0.05, 0) is 29.3 Å². The number of phenols is 1. The molecule has 0 saturated carbocycles. The fraction of sp³-hybridized carbons (Fsp3) is 0.190. The average molecular weight is 414 g/mol. The molecule has 0 unspecified atom stereocenters. The Hall–Kier alpha value is -4.01. The van der Waals surface area contributed by atoms with Crippen molar-refractivity contribution in [1.82, 2.24) is 10.6 Å². The van der Waals surface area contributed by atoms with E-state index in [4.69, 9.17) is 14.2 Å². The number of carbonyl (C=O) groups is 3. The summed E-state index contributed by atoms with van der Waals surface area (Å²) in [5, 5.41) is 14.5. The largest absolute Gasteiger partial charge is 0.502 e. The molecule has 0 aliphatic carbocycles. The van der Waals surface area contributed by atoms with Crippen molar-refractivity contribution in [2.75, 3.05) is 20.8 Å². The molecule has 0 fully saturated rings. The standard InChI is InChI=1S/C21H22N2O7/c1-28-16-10-15(11-17(29-2)20(16)26)8-9-19(25)30-13-18(24)23-21(27)22-12-14-6-4-3-5-7-14/h3-11,26H,12-13H2,1-2H3,(H2,22,23,24,27). The molecule has 9 nitrogen and oxygen atoms in total. The van der Waals surface area contributed by atoms with Gasteiger partial charge in [0.1, 0.15) is 0 Å². The van der Waals surface area contributed by atoms with Crippen molar-refractivity contribution in [2.45, 2.75) is 6.54 Å². The van der Waals surface area contributed by atoms with Crippen LogP contribution in [0.15, 0.2) is 48.5 Å². The molecule has 0 atom stereocenters. The molecule has 0 bridgehead atoms. The Morgan fingerprint density at radius 1 is 1.03 bits per heavy atom. The van der Waals surface area contributed by atoms with Crippen LogP contribution in [0.4, 0.5) is 4.79 Å². The maximum atomic E-state index is 11.8. The third-order valence-electron chi connectivity index (χ3n) is 3.81. The first-order valence-corrected chi connectivity index (χ1v) is 8.84. The first kappa shape index (κ1) is 22.3. The second-order valence-electron chi connectivity index (χ2n) is 5.93. The van der Waals surface area contributed by atoms with E-state index in [2.05, 4.69) is 10.6 Å². The maximum absolute atomic E-state index is 11.8. The molecule has 9 heteroatoms. The van der Waals surface area contributed by atoms with E-state index >= 15 is 0 Å². The highest BCUT2D eigenvalue weighted by Gasteiger charge is 2.11. The molecule has 158 valence electrons. The Labute approximate surface area is 173 Å². The topological polar surface area (TPSA) is 123 Å². The minimum Gasteiger partial charge on any atom is -0.502 e. The van der Waals surface area contributed by atoms with Gasteiger partial charge in [-0.1, -0.05) is 30.3 Å². The number of carbonyl (C=O) groups excluding carboxylic acids is 3. The highest BCUT2D eigenvalue weighted by Crippen LogP contribution is 2.37. The van der Waals surface area contributed by atoms with Gasteiger partial charge in [-0.25, -0.2) is 9.59 Å². The van der Waals surface area contributed by atoms with Crippen molar-refractivity contribution < 1.29 is 33.7 Å². The zero-order valence-corrected chi connectivity index (χ0v) is 16.5. The van der Waals surface area contributed by atoms with Crippen LogP contribution in [0.1, 0.15) is 11.1 Å². The minimum absolute atomic E-state index is 0.165. The van der Waals surface area contributed by atoms with Crippen LogP contribution in [-0.2, 0) is 20.9 Å². The van der Waals surface area contributed by atoms with E-state index in [0.717, 1.165) is 11.6 Å². The van der Waals surface area contributed by atoms with E-state index in [9.17, 15) is 19.5 Å². The molecule has 0 radical (unpaired) electrons. The Bertz CT molecular complexity index is 901. The van der Waals surface area contributed by atoms with Crippen LogP contribution in [0.5, 0.6) is 17.2 Å². The highest BCUT2D eigenvalue weighted by atomic mass is 16.5. The van der Waals surface area contributed by atoms with Crippen LogP contribution in [0.25, 0.3) is 6.08 Å². The first-order chi connectivity index (χ1) is 14.4. The SMILES string of the molecule is COc1cc(C=CC(=O)OCC(=O)NC(=O)NCc2ccccc2)cc(OC)c1O. The number of urea groups is 1. The molecule has 2 aromatic carbocycles. The van der Waals surface area contributed by atoms with Crippen molar-refractivity contribution >= 4 is 24.0 Å². The van der Waals surface area contributed by atoms with E-state index in [1.54, 1.807) is 0 Å². The van der Waals surface area contributed by atoms with E-state index in [0.29, 0.717) is 5.56 Å². The molecule has 3 amide bonds. The molecule has 30 heavy (non-hydrogen) atoms. The summed E-state index contributed by atoms with van der Waals surface area (Å²) in [6, 6.07) is 11.5. The summed E-state index contributed by atoms with van der Waals surface area (Å²) in [6.45, 7) is -0.369. The molecule has 0 aliphatic heterocycles. The Balaban J connectivity index is 1.79. The fourth-order valence-corrected chi connectivity index (χ4v) is 2.34. The lowest BCUT2D eigenvalue weighted by atomic mass is 10.1. The molecular weight excluding hydrogens is 392 g/mol. The lowest BCUT2D eigenvalue weighted by molar-refractivity contribution is -0.143. The van der Waals surface area contributed by atoms with Gasteiger partial charge in [-0.15, -0.1) is 0 Å². The predicted molar refractivity (Wildman–Crippen MR) is 108 cm³/mol. The summed E-state index contributed by atoms with van der Waals surface area (Å²) in [5.41, 5.74) is 1.38.